The molecule has 0 aromatic rings. The molecule has 0 aliphatic rings. The van der Waals surface area contributed by atoms with Crippen molar-refractivity contribution < 1.29 is 38.1 Å². The summed E-state index contributed by atoms with van der Waals surface area (Å²) in [6.07, 6.45) is 0.174. The molecule has 0 saturated heterocycles. The fourth-order valence-corrected chi connectivity index (χ4v) is 3.82. The molecule has 0 aromatic heterocycles. The van der Waals surface area contributed by atoms with Gasteiger partial charge in [-0.3, -0.25) is 0 Å². The Balaban J connectivity index is 5.44. The van der Waals surface area contributed by atoms with Gasteiger partial charge in [-0.15, -0.1) is 0 Å². The molecule has 13 heteroatoms. The van der Waals surface area contributed by atoms with Crippen LogP contribution in [0.2, 0.25) is 0 Å². The van der Waals surface area contributed by atoms with E-state index in [1.165, 1.54) is 0 Å². The summed E-state index contributed by atoms with van der Waals surface area (Å²) < 4.78 is 22.1. The topological polar surface area (TPSA) is 153 Å². The van der Waals surface area contributed by atoms with Crippen molar-refractivity contribution in [3.63, 3.8) is 0 Å². The SMILES string of the molecule is CC(C)(C)OC(=O)NCCCN(CCCN(CCCN(CCCN)C(=O)OC(C)(C)C)C(=O)OC(C)(C)C)C(=O)OC(C)(C)C. The highest BCUT2D eigenvalue weighted by Crippen LogP contribution is 2.15. The molecule has 0 rings (SSSR count). The standard InChI is InChI=1S/C32H63N5O8/c1-29(2,3)42-25(38)34-18-14-20-36(27(40)44-31(7,8)9)22-16-24-37(28(41)45-32(10,11)12)23-15-21-35(19-13-17-33)26(39)43-30(4,5)6/h13-24,33H2,1-12H3,(H,34,38). The van der Waals surface area contributed by atoms with Crippen molar-refractivity contribution in [1.29, 1.82) is 0 Å². The number of alkyl carbamates (subject to hydrolysis) is 1. The predicted molar refractivity (Wildman–Crippen MR) is 175 cm³/mol. The summed E-state index contributed by atoms with van der Waals surface area (Å²) in [4.78, 5) is 55.7. The Hall–Kier alpha value is -2.96. The molecule has 0 unspecified atom stereocenters. The van der Waals surface area contributed by atoms with E-state index in [9.17, 15) is 19.2 Å². The third kappa shape index (κ3) is 23.1. The van der Waals surface area contributed by atoms with E-state index in [4.69, 9.17) is 24.7 Å². The van der Waals surface area contributed by atoms with Crippen molar-refractivity contribution in [2.24, 2.45) is 5.73 Å². The van der Waals surface area contributed by atoms with Crippen LogP contribution in [-0.2, 0) is 18.9 Å². The van der Waals surface area contributed by atoms with Crippen molar-refractivity contribution in [1.82, 2.24) is 20.0 Å². The molecule has 0 atom stereocenters. The van der Waals surface area contributed by atoms with Crippen LogP contribution in [0, 0.1) is 0 Å². The van der Waals surface area contributed by atoms with Crippen molar-refractivity contribution in [2.45, 2.75) is 131 Å². The Bertz CT molecular complexity index is 916. The van der Waals surface area contributed by atoms with E-state index in [0.29, 0.717) is 78.0 Å². The van der Waals surface area contributed by atoms with Crippen molar-refractivity contribution in [2.75, 3.05) is 52.4 Å². The normalized spacial score (nSPS) is 12.2. The predicted octanol–water partition coefficient (Wildman–Crippen LogP) is 5.74. The second kappa shape index (κ2) is 18.9. The number of amides is 4. The Morgan fingerprint density at radius 2 is 0.778 bits per heavy atom. The van der Waals surface area contributed by atoms with E-state index in [1.54, 1.807) is 77.0 Å². The fraction of sp³-hybridized carbons (Fsp3) is 0.875. The molecular formula is C32H63N5O8. The van der Waals surface area contributed by atoms with Crippen LogP contribution < -0.4 is 11.1 Å². The van der Waals surface area contributed by atoms with Gasteiger partial charge in [-0.25, -0.2) is 19.2 Å². The minimum atomic E-state index is -0.692. The van der Waals surface area contributed by atoms with Crippen LogP contribution in [0.1, 0.15) is 109 Å². The van der Waals surface area contributed by atoms with Crippen LogP contribution in [-0.4, -0.2) is 114 Å². The lowest BCUT2D eigenvalue weighted by atomic mass is 10.2. The largest absolute Gasteiger partial charge is 0.444 e. The highest BCUT2D eigenvalue weighted by atomic mass is 16.6. The van der Waals surface area contributed by atoms with Gasteiger partial charge in [0.2, 0.25) is 0 Å². The molecular weight excluding hydrogens is 582 g/mol. The third-order valence-electron chi connectivity index (χ3n) is 5.57. The highest BCUT2D eigenvalue weighted by Gasteiger charge is 2.26. The average Bonchev–Trinajstić information content (AvgIpc) is 2.81. The molecule has 0 saturated carbocycles. The molecule has 13 nitrogen and oxygen atoms in total. The quantitative estimate of drug-likeness (QED) is 0.168. The minimum Gasteiger partial charge on any atom is -0.444 e. The molecule has 0 bridgehead atoms. The van der Waals surface area contributed by atoms with Gasteiger partial charge >= 0.3 is 24.4 Å². The fourth-order valence-electron chi connectivity index (χ4n) is 3.82. The second-order valence-corrected chi connectivity index (χ2v) is 15.0. The maximum Gasteiger partial charge on any atom is 0.410 e. The number of nitrogens with one attached hydrogen (secondary N) is 1. The van der Waals surface area contributed by atoms with E-state index >= 15 is 0 Å². The number of hydrogen-bond donors (Lipinski definition) is 2. The van der Waals surface area contributed by atoms with E-state index < -0.39 is 46.8 Å². The van der Waals surface area contributed by atoms with E-state index in [2.05, 4.69) is 5.32 Å². The monoisotopic (exact) mass is 645 g/mol. The van der Waals surface area contributed by atoms with Crippen LogP contribution >= 0.6 is 0 Å². The molecule has 0 aliphatic heterocycles. The van der Waals surface area contributed by atoms with Crippen molar-refractivity contribution >= 4 is 24.4 Å². The number of carbonyl (C=O) groups excluding carboxylic acids is 4. The van der Waals surface area contributed by atoms with Gasteiger partial charge in [0.1, 0.15) is 22.4 Å². The van der Waals surface area contributed by atoms with Gasteiger partial charge in [0.25, 0.3) is 0 Å². The van der Waals surface area contributed by atoms with Crippen LogP contribution in [0.15, 0.2) is 0 Å². The third-order valence-corrected chi connectivity index (χ3v) is 5.57. The number of ether oxygens (including phenoxy) is 4. The molecule has 0 spiro atoms. The first-order valence-corrected chi connectivity index (χ1v) is 16.0. The first-order valence-electron chi connectivity index (χ1n) is 16.0. The van der Waals surface area contributed by atoms with E-state index in [1.807, 2.05) is 20.8 Å². The Kier molecular flexibility index (Phi) is 17.6. The van der Waals surface area contributed by atoms with Gasteiger partial charge in [0, 0.05) is 45.8 Å². The van der Waals surface area contributed by atoms with Gasteiger partial charge in [-0.1, -0.05) is 0 Å². The van der Waals surface area contributed by atoms with Crippen molar-refractivity contribution in [3.05, 3.63) is 0 Å². The van der Waals surface area contributed by atoms with Crippen LogP contribution in [0.4, 0.5) is 19.2 Å². The van der Waals surface area contributed by atoms with Crippen molar-refractivity contribution in [3.8, 4) is 0 Å². The Labute approximate surface area is 271 Å². The average molecular weight is 646 g/mol. The van der Waals surface area contributed by atoms with Gasteiger partial charge in [0.15, 0.2) is 0 Å². The van der Waals surface area contributed by atoms with Crippen LogP contribution in [0.25, 0.3) is 0 Å². The molecule has 0 heterocycles. The van der Waals surface area contributed by atoms with E-state index in [-0.39, 0.29) is 0 Å². The number of hydrogen-bond acceptors (Lipinski definition) is 9. The van der Waals surface area contributed by atoms with Gasteiger partial charge < -0.3 is 44.7 Å². The Morgan fingerprint density at radius 1 is 0.489 bits per heavy atom. The minimum absolute atomic E-state index is 0.316. The number of nitrogens with zero attached hydrogens (tertiary/aromatic N) is 3. The molecule has 3 N–H and O–H groups in total. The van der Waals surface area contributed by atoms with Gasteiger partial charge in [0.05, 0.1) is 0 Å². The zero-order chi connectivity index (χ0) is 35.1. The first-order chi connectivity index (χ1) is 20.4. The number of nitrogens with two attached hydrogens (primary N) is 1. The molecule has 264 valence electrons. The summed E-state index contributed by atoms with van der Waals surface area (Å²) in [5.41, 5.74) is 3.06. The van der Waals surface area contributed by atoms with Crippen LogP contribution in [0.3, 0.4) is 0 Å². The Morgan fingerprint density at radius 3 is 1.07 bits per heavy atom. The molecule has 45 heavy (non-hydrogen) atoms. The second-order valence-electron chi connectivity index (χ2n) is 15.0. The van der Waals surface area contributed by atoms with Gasteiger partial charge in [-0.05, 0) is 115 Å². The molecule has 0 aliphatic carbocycles. The molecule has 0 aromatic carbocycles. The summed E-state index contributed by atoms with van der Waals surface area (Å²) in [6, 6.07) is 0. The zero-order valence-electron chi connectivity index (χ0n) is 30.2. The summed E-state index contributed by atoms with van der Waals surface area (Å²) >= 11 is 0. The lowest BCUT2D eigenvalue weighted by Crippen LogP contribution is -2.43. The van der Waals surface area contributed by atoms with Gasteiger partial charge in [-0.2, -0.15) is 0 Å². The molecule has 0 fully saturated rings. The van der Waals surface area contributed by atoms with Crippen LogP contribution in [0.5, 0.6) is 0 Å². The molecule has 4 amide bonds. The zero-order valence-corrected chi connectivity index (χ0v) is 30.2. The lowest BCUT2D eigenvalue weighted by molar-refractivity contribution is 0.0188. The molecule has 0 radical (unpaired) electrons. The van der Waals surface area contributed by atoms with E-state index in [0.717, 1.165) is 0 Å². The summed E-state index contributed by atoms with van der Waals surface area (Å²) in [6.45, 7) is 24.5. The highest BCUT2D eigenvalue weighted by molar-refractivity contribution is 5.69. The lowest BCUT2D eigenvalue weighted by Gasteiger charge is -2.31. The number of rotatable bonds is 15. The maximum absolute atomic E-state index is 13.1. The number of carbonyl (C=O) groups is 4. The summed E-state index contributed by atoms with van der Waals surface area (Å²) in [5, 5.41) is 2.70. The maximum atomic E-state index is 13.1. The first kappa shape index (κ1) is 42.0. The smallest absolute Gasteiger partial charge is 0.410 e. The summed E-state index contributed by atoms with van der Waals surface area (Å²) in [7, 11) is 0. The summed E-state index contributed by atoms with van der Waals surface area (Å²) in [5.74, 6) is 0.